The molecule has 5 heteroatoms. The number of hydrogen-bond donors (Lipinski definition) is 1. The molecule has 0 spiro atoms. The zero-order valence-electron chi connectivity index (χ0n) is 13.2. The van der Waals surface area contributed by atoms with Crippen LogP contribution in [-0.2, 0) is 11.3 Å². The topological polar surface area (TPSA) is 51.2 Å². The monoisotopic (exact) mass is 307 g/mol. The molecule has 1 N–H and O–H groups in total. The summed E-state index contributed by atoms with van der Waals surface area (Å²) < 4.78 is 16.3. The van der Waals surface area contributed by atoms with Crippen molar-refractivity contribution in [3.8, 4) is 11.5 Å². The summed E-state index contributed by atoms with van der Waals surface area (Å²) in [4.78, 5) is 2.34. The molecule has 0 aromatic heterocycles. The first kappa shape index (κ1) is 15.6. The third-order valence-corrected chi connectivity index (χ3v) is 4.23. The quantitative estimate of drug-likeness (QED) is 0.871. The molecule has 2 heterocycles. The summed E-state index contributed by atoms with van der Waals surface area (Å²) in [6, 6.07) is 5.79. The molecule has 2 aliphatic heterocycles. The van der Waals surface area contributed by atoms with Gasteiger partial charge in [0.05, 0.1) is 19.3 Å². The Morgan fingerprint density at radius 3 is 3.09 bits per heavy atom. The van der Waals surface area contributed by atoms with E-state index in [9.17, 15) is 5.11 Å². The van der Waals surface area contributed by atoms with Crippen LogP contribution >= 0.6 is 0 Å². The van der Waals surface area contributed by atoms with E-state index in [2.05, 4.69) is 11.8 Å². The van der Waals surface area contributed by atoms with Gasteiger partial charge in [-0.2, -0.15) is 0 Å². The molecule has 2 atom stereocenters. The van der Waals surface area contributed by atoms with Crippen molar-refractivity contribution < 1.29 is 19.3 Å². The molecule has 1 aromatic rings. The van der Waals surface area contributed by atoms with E-state index in [-0.39, 0.29) is 6.79 Å². The van der Waals surface area contributed by atoms with Crippen LogP contribution in [-0.4, -0.2) is 49.1 Å². The predicted octanol–water partition coefficient (Wildman–Crippen LogP) is 2.02. The Bertz CT molecular complexity index is 494. The average Bonchev–Trinajstić information content (AvgIpc) is 2.95. The number of benzene rings is 1. The molecular formula is C17H25NO4. The third-order valence-electron chi connectivity index (χ3n) is 4.23. The molecule has 5 nitrogen and oxygen atoms in total. The largest absolute Gasteiger partial charge is 0.454 e. The lowest BCUT2D eigenvalue weighted by molar-refractivity contribution is 0.00374. The highest BCUT2D eigenvalue weighted by Gasteiger charge is 2.19. The fraction of sp³-hybridized carbons (Fsp3) is 0.647. The molecule has 122 valence electrons. The first-order valence-electron chi connectivity index (χ1n) is 8.07. The first-order valence-corrected chi connectivity index (χ1v) is 8.07. The number of nitrogens with zero attached hydrogens (tertiary/aromatic N) is 1. The van der Waals surface area contributed by atoms with E-state index in [1.807, 2.05) is 18.2 Å². The number of aliphatic hydroxyl groups excluding tert-OH is 1. The summed E-state index contributed by atoms with van der Waals surface area (Å²) in [6.07, 6.45) is 2.10. The van der Waals surface area contributed by atoms with Crippen molar-refractivity contribution in [1.29, 1.82) is 0 Å². The second-order valence-electron chi connectivity index (χ2n) is 6.36. The summed E-state index contributed by atoms with van der Waals surface area (Å²) in [5.74, 6) is 2.28. The van der Waals surface area contributed by atoms with Crippen LogP contribution in [0, 0.1) is 5.92 Å². The minimum atomic E-state index is -0.431. The summed E-state index contributed by atoms with van der Waals surface area (Å²) in [5, 5.41) is 10.1. The van der Waals surface area contributed by atoms with Gasteiger partial charge < -0.3 is 24.2 Å². The van der Waals surface area contributed by atoms with E-state index in [1.165, 1.54) is 12.8 Å². The van der Waals surface area contributed by atoms with Crippen molar-refractivity contribution >= 4 is 0 Å². The molecule has 1 saturated heterocycles. The fourth-order valence-electron chi connectivity index (χ4n) is 3.15. The highest BCUT2D eigenvalue weighted by Crippen LogP contribution is 2.32. The number of hydrogen-bond acceptors (Lipinski definition) is 5. The zero-order chi connectivity index (χ0) is 15.4. The van der Waals surface area contributed by atoms with Crippen molar-refractivity contribution in [3.05, 3.63) is 23.8 Å². The predicted molar refractivity (Wildman–Crippen MR) is 83.1 cm³/mol. The van der Waals surface area contributed by atoms with Gasteiger partial charge in [0.2, 0.25) is 6.79 Å². The molecule has 0 bridgehead atoms. The van der Waals surface area contributed by atoms with Crippen molar-refractivity contribution in [2.24, 2.45) is 5.92 Å². The Balaban J connectivity index is 1.39. The van der Waals surface area contributed by atoms with Crippen molar-refractivity contribution in [2.45, 2.75) is 32.5 Å². The maximum absolute atomic E-state index is 10.1. The molecule has 0 aliphatic carbocycles. The van der Waals surface area contributed by atoms with Crippen LogP contribution in [0.4, 0.5) is 0 Å². The van der Waals surface area contributed by atoms with Crippen molar-refractivity contribution in [3.63, 3.8) is 0 Å². The van der Waals surface area contributed by atoms with E-state index < -0.39 is 6.10 Å². The maximum atomic E-state index is 10.1. The van der Waals surface area contributed by atoms with Gasteiger partial charge in [0.15, 0.2) is 11.5 Å². The number of aliphatic hydroxyl groups is 1. The van der Waals surface area contributed by atoms with E-state index in [4.69, 9.17) is 14.2 Å². The van der Waals surface area contributed by atoms with Gasteiger partial charge in [-0.05, 0) is 43.0 Å². The second-order valence-corrected chi connectivity index (χ2v) is 6.36. The summed E-state index contributed by atoms with van der Waals surface area (Å²) >= 11 is 0. The number of β-amino-alcohol motifs (C(OH)–C–C–N with tert-alkyl or cyclic N) is 1. The van der Waals surface area contributed by atoms with Gasteiger partial charge in [0.25, 0.3) is 0 Å². The van der Waals surface area contributed by atoms with E-state index in [0.29, 0.717) is 19.8 Å². The minimum absolute atomic E-state index is 0.284. The SMILES string of the molecule is C[C@@H]1CCCN(C[C@H](O)COCc2ccc3c(c2)OCO3)C1. The number of likely N-dealkylation sites (tertiary alicyclic amines) is 1. The smallest absolute Gasteiger partial charge is 0.231 e. The Labute approximate surface area is 131 Å². The number of rotatable bonds is 6. The highest BCUT2D eigenvalue weighted by molar-refractivity contribution is 5.44. The third kappa shape index (κ3) is 4.12. The van der Waals surface area contributed by atoms with Gasteiger partial charge >= 0.3 is 0 Å². The standard InChI is InChI=1S/C17H25NO4/c1-13-3-2-6-18(8-13)9-15(19)11-20-10-14-4-5-16-17(7-14)22-12-21-16/h4-5,7,13,15,19H,2-3,6,8-12H2,1H3/t13-,15+/m1/s1. The molecule has 22 heavy (non-hydrogen) atoms. The summed E-state index contributed by atoms with van der Waals surface area (Å²) in [5.41, 5.74) is 1.03. The van der Waals surface area contributed by atoms with Crippen LogP contribution in [0.2, 0.25) is 0 Å². The zero-order valence-corrected chi connectivity index (χ0v) is 13.2. The van der Waals surface area contributed by atoms with Gasteiger partial charge in [-0.1, -0.05) is 13.0 Å². The van der Waals surface area contributed by atoms with Crippen molar-refractivity contribution in [2.75, 3.05) is 33.0 Å². The van der Waals surface area contributed by atoms with Gasteiger partial charge in [0, 0.05) is 13.1 Å². The average molecular weight is 307 g/mol. The number of ether oxygens (including phenoxy) is 3. The molecule has 1 fully saturated rings. The lowest BCUT2D eigenvalue weighted by atomic mass is 10.0. The Hall–Kier alpha value is -1.30. The first-order chi connectivity index (χ1) is 10.7. The Morgan fingerprint density at radius 1 is 1.36 bits per heavy atom. The van der Waals surface area contributed by atoms with Crippen LogP contribution in [0.25, 0.3) is 0 Å². The van der Waals surface area contributed by atoms with Crippen LogP contribution < -0.4 is 9.47 Å². The van der Waals surface area contributed by atoms with Crippen LogP contribution in [0.5, 0.6) is 11.5 Å². The van der Waals surface area contributed by atoms with E-state index in [1.54, 1.807) is 0 Å². The Morgan fingerprint density at radius 2 is 2.23 bits per heavy atom. The van der Waals surface area contributed by atoms with Crippen LogP contribution in [0.1, 0.15) is 25.3 Å². The van der Waals surface area contributed by atoms with Gasteiger partial charge in [-0.15, -0.1) is 0 Å². The molecule has 0 radical (unpaired) electrons. The molecule has 0 amide bonds. The maximum Gasteiger partial charge on any atom is 0.231 e. The van der Waals surface area contributed by atoms with Crippen LogP contribution in [0.3, 0.4) is 0 Å². The second kappa shape index (κ2) is 7.31. The summed E-state index contributed by atoms with van der Waals surface area (Å²) in [6.45, 7) is 6.26. The van der Waals surface area contributed by atoms with Crippen LogP contribution in [0.15, 0.2) is 18.2 Å². The number of fused-ring (bicyclic) bond motifs is 1. The Kier molecular flexibility index (Phi) is 5.18. The highest BCUT2D eigenvalue weighted by atomic mass is 16.7. The van der Waals surface area contributed by atoms with Crippen molar-refractivity contribution in [1.82, 2.24) is 4.90 Å². The normalized spacial score (nSPS) is 22.7. The molecular weight excluding hydrogens is 282 g/mol. The van der Waals surface area contributed by atoms with Gasteiger partial charge in [-0.25, -0.2) is 0 Å². The lowest BCUT2D eigenvalue weighted by Gasteiger charge is -2.32. The van der Waals surface area contributed by atoms with Gasteiger partial charge in [-0.3, -0.25) is 0 Å². The molecule has 3 rings (SSSR count). The molecule has 0 saturated carbocycles. The molecule has 2 aliphatic rings. The lowest BCUT2D eigenvalue weighted by Crippen LogP contribution is -2.40. The van der Waals surface area contributed by atoms with E-state index >= 15 is 0 Å². The number of piperidine rings is 1. The summed E-state index contributed by atoms with van der Waals surface area (Å²) in [7, 11) is 0. The molecule has 1 aromatic carbocycles. The molecule has 0 unspecified atom stereocenters. The van der Waals surface area contributed by atoms with Gasteiger partial charge in [0.1, 0.15) is 0 Å². The minimum Gasteiger partial charge on any atom is -0.454 e. The van der Waals surface area contributed by atoms with E-state index in [0.717, 1.165) is 36.1 Å². The fourth-order valence-corrected chi connectivity index (χ4v) is 3.15.